The zero-order valence-electron chi connectivity index (χ0n) is 8.81. The first-order valence-corrected chi connectivity index (χ1v) is 5.50. The molecule has 1 fully saturated rings. The summed E-state index contributed by atoms with van der Waals surface area (Å²) in [7, 11) is 0. The first-order valence-electron chi connectivity index (χ1n) is 5.12. The quantitative estimate of drug-likeness (QED) is 0.676. The second-order valence-corrected chi connectivity index (χ2v) is 3.91. The van der Waals surface area contributed by atoms with E-state index in [1.807, 2.05) is 13.8 Å². The molecule has 1 saturated heterocycles. The molecular weight excluding hydrogens is 200 g/mol. The minimum absolute atomic E-state index is 0.105. The Kier molecular flexibility index (Phi) is 4.74. The molecule has 0 bridgehead atoms. The maximum Gasteiger partial charge on any atom is 0.159 e. The SMILES string of the molecule is CCC(C)(C#CCl)OC1CCCCO1. The molecule has 0 aromatic heterocycles. The first kappa shape index (κ1) is 11.8. The minimum atomic E-state index is -0.468. The monoisotopic (exact) mass is 216 g/mol. The van der Waals surface area contributed by atoms with Gasteiger partial charge in [-0.05, 0) is 44.2 Å². The standard InChI is InChI=1S/C11H17ClO2/c1-3-11(2,7-8-12)14-10-6-4-5-9-13-10/h10H,3-6,9H2,1-2H3. The van der Waals surface area contributed by atoms with Gasteiger partial charge in [0.1, 0.15) is 5.60 Å². The summed E-state index contributed by atoms with van der Waals surface area (Å²) in [6, 6.07) is 0. The summed E-state index contributed by atoms with van der Waals surface area (Å²) in [6.45, 7) is 4.77. The van der Waals surface area contributed by atoms with Gasteiger partial charge in [-0.1, -0.05) is 12.8 Å². The maximum absolute atomic E-state index is 5.79. The van der Waals surface area contributed by atoms with Crippen LogP contribution in [0.1, 0.15) is 39.5 Å². The third-order valence-corrected chi connectivity index (χ3v) is 2.61. The highest BCUT2D eigenvalue weighted by molar-refractivity contribution is 6.30. The molecule has 3 heteroatoms. The lowest BCUT2D eigenvalue weighted by Gasteiger charge is -2.31. The fourth-order valence-electron chi connectivity index (χ4n) is 1.40. The largest absolute Gasteiger partial charge is 0.353 e. The van der Waals surface area contributed by atoms with E-state index in [1.54, 1.807) is 0 Å². The van der Waals surface area contributed by atoms with Crippen LogP contribution >= 0.6 is 11.6 Å². The maximum atomic E-state index is 5.79. The van der Waals surface area contributed by atoms with Crippen molar-refractivity contribution < 1.29 is 9.47 Å². The van der Waals surface area contributed by atoms with Crippen LogP contribution in [0.2, 0.25) is 0 Å². The van der Waals surface area contributed by atoms with E-state index in [-0.39, 0.29) is 6.29 Å². The lowest BCUT2D eigenvalue weighted by molar-refractivity contribution is -0.204. The Hall–Kier alpha value is -0.230. The summed E-state index contributed by atoms with van der Waals surface area (Å²) in [5.41, 5.74) is -0.468. The molecule has 0 saturated carbocycles. The summed E-state index contributed by atoms with van der Waals surface area (Å²) in [6.07, 6.45) is 3.96. The Labute approximate surface area is 90.9 Å². The van der Waals surface area contributed by atoms with Crippen molar-refractivity contribution in [3.8, 4) is 11.3 Å². The van der Waals surface area contributed by atoms with Crippen LogP contribution < -0.4 is 0 Å². The second-order valence-electron chi connectivity index (χ2n) is 3.72. The summed E-state index contributed by atoms with van der Waals surface area (Å²) in [5, 5.41) is 2.39. The Bertz CT molecular complexity index is 225. The number of hydrogen-bond donors (Lipinski definition) is 0. The average molecular weight is 217 g/mol. The summed E-state index contributed by atoms with van der Waals surface area (Å²) >= 11 is 5.40. The van der Waals surface area contributed by atoms with Crippen LogP contribution in [0, 0.1) is 11.3 Å². The molecule has 80 valence electrons. The smallest absolute Gasteiger partial charge is 0.159 e. The van der Waals surface area contributed by atoms with E-state index in [9.17, 15) is 0 Å². The molecule has 1 aliphatic rings. The van der Waals surface area contributed by atoms with Gasteiger partial charge in [-0.2, -0.15) is 0 Å². The van der Waals surface area contributed by atoms with Crippen LogP contribution in [0.3, 0.4) is 0 Å². The van der Waals surface area contributed by atoms with E-state index < -0.39 is 5.60 Å². The van der Waals surface area contributed by atoms with E-state index in [1.165, 1.54) is 6.42 Å². The van der Waals surface area contributed by atoms with E-state index in [4.69, 9.17) is 21.1 Å². The normalized spacial score (nSPS) is 26.1. The number of hydrogen-bond acceptors (Lipinski definition) is 2. The van der Waals surface area contributed by atoms with E-state index in [2.05, 4.69) is 11.3 Å². The molecule has 0 spiro atoms. The van der Waals surface area contributed by atoms with Gasteiger partial charge in [-0.25, -0.2) is 0 Å². The van der Waals surface area contributed by atoms with E-state index >= 15 is 0 Å². The van der Waals surface area contributed by atoms with Crippen molar-refractivity contribution in [3.05, 3.63) is 0 Å². The van der Waals surface area contributed by atoms with Gasteiger partial charge in [-0.3, -0.25) is 0 Å². The van der Waals surface area contributed by atoms with E-state index in [0.29, 0.717) is 0 Å². The van der Waals surface area contributed by atoms with Crippen LogP contribution in [0.25, 0.3) is 0 Å². The highest BCUT2D eigenvalue weighted by Gasteiger charge is 2.26. The third-order valence-electron chi connectivity index (χ3n) is 2.52. The molecular formula is C11H17ClO2. The number of rotatable bonds is 3. The molecule has 14 heavy (non-hydrogen) atoms. The zero-order valence-corrected chi connectivity index (χ0v) is 9.56. The highest BCUT2D eigenvalue weighted by Crippen LogP contribution is 2.22. The molecule has 0 radical (unpaired) electrons. The molecule has 0 aromatic rings. The van der Waals surface area contributed by atoms with Crippen LogP contribution in [-0.2, 0) is 9.47 Å². The molecule has 2 atom stereocenters. The molecule has 0 aromatic carbocycles. The van der Waals surface area contributed by atoms with Crippen molar-refractivity contribution in [3.63, 3.8) is 0 Å². The predicted octanol–water partition coefficient (Wildman–Crippen LogP) is 2.90. The van der Waals surface area contributed by atoms with Crippen LogP contribution in [0.15, 0.2) is 0 Å². The molecule has 0 N–H and O–H groups in total. The minimum Gasteiger partial charge on any atom is -0.353 e. The van der Waals surface area contributed by atoms with Gasteiger partial charge >= 0.3 is 0 Å². The van der Waals surface area contributed by atoms with Crippen molar-refractivity contribution in [2.45, 2.75) is 51.4 Å². The Balaban J connectivity index is 2.48. The van der Waals surface area contributed by atoms with Crippen LogP contribution in [-0.4, -0.2) is 18.5 Å². The Morgan fingerprint density at radius 1 is 1.57 bits per heavy atom. The van der Waals surface area contributed by atoms with Crippen molar-refractivity contribution >= 4 is 11.6 Å². The average Bonchev–Trinajstić information content (AvgIpc) is 2.20. The van der Waals surface area contributed by atoms with Gasteiger partial charge in [0, 0.05) is 12.0 Å². The highest BCUT2D eigenvalue weighted by atomic mass is 35.5. The molecule has 0 aliphatic carbocycles. The van der Waals surface area contributed by atoms with Crippen molar-refractivity contribution in [2.75, 3.05) is 6.61 Å². The first-order chi connectivity index (χ1) is 6.70. The number of ether oxygens (including phenoxy) is 2. The molecule has 0 amide bonds. The lowest BCUT2D eigenvalue weighted by atomic mass is 10.0. The third kappa shape index (κ3) is 3.49. The van der Waals surface area contributed by atoms with E-state index in [0.717, 1.165) is 25.9 Å². The molecule has 2 nitrogen and oxygen atoms in total. The Morgan fingerprint density at radius 3 is 2.86 bits per heavy atom. The summed E-state index contributed by atoms with van der Waals surface area (Å²) in [5.74, 6) is 2.87. The van der Waals surface area contributed by atoms with Crippen molar-refractivity contribution in [1.29, 1.82) is 0 Å². The van der Waals surface area contributed by atoms with Gasteiger partial charge in [-0.15, -0.1) is 0 Å². The van der Waals surface area contributed by atoms with Crippen LogP contribution in [0.4, 0.5) is 0 Å². The molecule has 1 aliphatic heterocycles. The van der Waals surface area contributed by atoms with Gasteiger partial charge in [0.05, 0.1) is 0 Å². The summed E-state index contributed by atoms with van der Waals surface area (Å²) in [4.78, 5) is 0. The molecule has 2 unspecified atom stereocenters. The zero-order chi connectivity index (χ0) is 10.4. The molecule has 1 heterocycles. The van der Waals surface area contributed by atoms with Crippen molar-refractivity contribution in [2.24, 2.45) is 0 Å². The topological polar surface area (TPSA) is 18.5 Å². The molecule has 1 rings (SSSR count). The fourth-order valence-corrected chi connectivity index (χ4v) is 1.60. The second kappa shape index (κ2) is 5.60. The summed E-state index contributed by atoms with van der Waals surface area (Å²) < 4.78 is 11.3. The fraction of sp³-hybridized carbons (Fsp3) is 0.818. The van der Waals surface area contributed by atoms with Crippen molar-refractivity contribution in [1.82, 2.24) is 0 Å². The number of halogens is 1. The Morgan fingerprint density at radius 2 is 2.36 bits per heavy atom. The lowest BCUT2D eigenvalue weighted by Crippen LogP contribution is -2.35. The van der Waals surface area contributed by atoms with Gasteiger partial charge in [0.2, 0.25) is 0 Å². The van der Waals surface area contributed by atoms with Crippen LogP contribution in [0.5, 0.6) is 0 Å². The van der Waals surface area contributed by atoms with Gasteiger partial charge in [0.25, 0.3) is 0 Å². The van der Waals surface area contributed by atoms with Gasteiger partial charge < -0.3 is 9.47 Å². The predicted molar refractivity (Wildman–Crippen MR) is 57.0 cm³/mol. The van der Waals surface area contributed by atoms with Gasteiger partial charge in [0.15, 0.2) is 6.29 Å².